The van der Waals surface area contributed by atoms with E-state index in [9.17, 15) is 14.7 Å². The summed E-state index contributed by atoms with van der Waals surface area (Å²) in [4.78, 5) is 24.6. The van der Waals surface area contributed by atoms with Crippen molar-refractivity contribution in [2.75, 3.05) is 13.2 Å². The molecule has 0 aliphatic rings. The van der Waals surface area contributed by atoms with Crippen molar-refractivity contribution in [2.24, 2.45) is 0 Å². The molecule has 0 rings (SSSR count). The van der Waals surface area contributed by atoms with E-state index in [1.807, 2.05) is 0 Å². The quantitative estimate of drug-likeness (QED) is 0.0485. The third-order valence-electron chi connectivity index (χ3n) is 16.7. The fraction of sp³-hybridized carbons (Fsp3) is 0.971. The Morgan fingerprint density at radius 1 is 0.253 bits per heavy atom. The minimum atomic E-state index is -0.765. The van der Waals surface area contributed by atoms with Crippen molar-refractivity contribution in [2.45, 2.75) is 424 Å². The van der Waals surface area contributed by atoms with E-state index in [-0.39, 0.29) is 25.2 Å². The Hall–Kier alpha value is -1.10. The number of aliphatic hydroxyl groups is 1. The van der Waals surface area contributed by atoms with Crippen molar-refractivity contribution in [1.82, 2.24) is 0 Å². The van der Waals surface area contributed by atoms with Crippen LogP contribution in [0.15, 0.2) is 0 Å². The molecule has 0 saturated heterocycles. The van der Waals surface area contributed by atoms with Gasteiger partial charge in [-0.05, 0) is 12.8 Å². The second-order valence-corrected chi connectivity index (χ2v) is 24.3. The molecule has 5 heteroatoms. The molecule has 0 bridgehead atoms. The third-order valence-corrected chi connectivity index (χ3v) is 16.7. The Morgan fingerprint density at radius 2 is 0.413 bits per heavy atom. The van der Waals surface area contributed by atoms with Gasteiger partial charge in [-0.25, -0.2) is 0 Å². The van der Waals surface area contributed by atoms with Crippen LogP contribution in [0.4, 0.5) is 0 Å². The van der Waals surface area contributed by atoms with Crippen LogP contribution in [0.25, 0.3) is 0 Å². The molecule has 1 unspecified atom stereocenters. The maximum atomic E-state index is 12.4. The summed E-state index contributed by atoms with van der Waals surface area (Å²) in [7, 11) is 0. The van der Waals surface area contributed by atoms with E-state index in [1.54, 1.807) is 0 Å². The fourth-order valence-electron chi connectivity index (χ4n) is 11.4. The van der Waals surface area contributed by atoms with Gasteiger partial charge in [-0.2, -0.15) is 0 Å². The number of hydrogen-bond donors (Lipinski definition) is 1. The molecule has 0 amide bonds. The zero-order chi connectivity index (χ0) is 54.1. The molecule has 0 saturated carbocycles. The molecule has 1 N–H and O–H groups in total. The lowest BCUT2D eigenvalue weighted by atomic mass is 10.0. The highest BCUT2D eigenvalue weighted by molar-refractivity contribution is 5.70. The number of ether oxygens (including phenoxy) is 2. The Kier molecular flexibility index (Phi) is 66.2. The molecule has 0 radical (unpaired) electrons. The van der Waals surface area contributed by atoms with E-state index in [0.29, 0.717) is 12.8 Å². The second-order valence-electron chi connectivity index (χ2n) is 24.3. The van der Waals surface area contributed by atoms with Gasteiger partial charge in [0.15, 0.2) is 6.10 Å². The van der Waals surface area contributed by atoms with E-state index in [2.05, 4.69) is 13.8 Å². The van der Waals surface area contributed by atoms with Crippen molar-refractivity contribution in [1.29, 1.82) is 0 Å². The number of carbonyl (C=O) groups excluding carboxylic acids is 2. The molecule has 0 aromatic rings. The largest absolute Gasteiger partial charge is 0.462 e. The van der Waals surface area contributed by atoms with E-state index in [1.165, 1.54) is 360 Å². The van der Waals surface area contributed by atoms with Gasteiger partial charge >= 0.3 is 11.9 Å². The summed E-state index contributed by atoms with van der Waals surface area (Å²) >= 11 is 0. The molecule has 0 aromatic heterocycles. The Labute approximate surface area is 471 Å². The zero-order valence-corrected chi connectivity index (χ0v) is 51.6. The first-order valence-electron chi connectivity index (χ1n) is 35.1. The number of aliphatic hydroxyl groups excluding tert-OH is 1. The SMILES string of the molecule is CCCCCCCCCCCCCCCCCCCCCCCCCCCCCCCCCCC(=O)OC(CO)COC(=O)CCCCCCCCCCCCCCCCCCCCCCCCCCCCCCC. The van der Waals surface area contributed by atoms with E-state index in [0.717, 1.165) is 32.1 Å². The van der Waals surface area contributed by atoms with Gasteiger partial charge in [0.2, 0.25) is 0 Å². The summed E-state index contributed by atoms with van der Waals surface area (Å²) in [5.41, 5.74) is 0. The minimum Gasteiger partial charge on any atom is -0.462 e. The van der Waals surface area contributed by atoms with Crippen LogP contribution in [0.3, 0.4) is 0 Å². The van der Waals surface area contributed by atoms with Crippen molar-refractivity contribution < 1.29 is 24.2 Å². The summed E-state index contributed by atoms with van der Waals surface area (Å²) in [6, 6.07) is 0. The highest BCUT2D eigenvalue weighted by Gasteiger charge is 2.16. The molecule has 75 heavy (non-hydrogen) atoms. The van der Waals surface area contributed by atoms with Gasteiger partial charge in [0.25, 0.3) is 0 Å². The molecule has 448 valence electrons. The van der Waals surface area contributed by atoms with Crippen LogP contribution in [-0.2, 0) is 19.1 Å². The summed E-state index contributed by atoms with van der Waals surface area (Å²) < 4.78 is 10.8. The maximum absolute atomic E-state index is 12.4. The normalized spacial score (nSPS) is 12.0. The molecule has 1 atom stereocenters. The van der Waals surface area contributed by atoms with Crippen LogP contribution in [0.2, 0.25) is 0 Å². The highest BCUT2D eigenvalue weighted by atomic mass is 16.6. The minimum absolute atomic E-state index is 0.0553. The molecular formula is C70H138O5. The van der Waals surface area contributed by atoms with Crippen LogP contribution >= 0.6 is 0 Å². The molecule has 0 heterocycles. The van der Waals surface area contributed by atoms with Crippen LogP contribution in [-0.4, -0.2) is 36.4 Å². The predicted molar refractivity (Wildman–Crippen MR) is 330 cm³/mol. The van der Waals surface area contributed by atoms with Crippen molar-refractivity contribution in [3.63, 3.8) is 0 Å². The van der Waals surface area contributed by atoms with Crippen LogP contribution in [0.5, 0.6) is 0 Å². The van der Waals surface area contributed by atoms with Crippen molar-refractivity contribution >= 4 is 11.9 Å². The van der Waals surface area contributed by atoms with Gasteiger partial charge in [-0.1, -0.05) is 393 Å². The lowest BCUT2D eigenvalue weighted by molar-refractivity contribution is -0.161. The Morgan fingerprint density at radius 3 is 0.587 bits per heavy atom. The average Bonchev–Trinajstić information content (AvgIpc) is 3.41. The number of carbonyl (C=O) groups is 2. The molecule has 0 aliphatic carbocycles. The third kappa shape index (κ3) is 65.3. The number of unbranched alkanes of at least 4 members (excludes halogenated alkanes) is 59. The Bertz CT molecular complexity index is 1060. The number of esters is 2. The first kappa shape index (κ1) is 73.9. The van der Waals surface area contributed by atoms with E-state index < -0.39 is 6.10 Å². The summed E-state index contributed by atoms with van der Waals surface area (Å²) in [5, 5.41) is 9.70. The first-order valence-corrected chi connectivity index (χ1v) is 35.1. The predicted octanol–water partition coefficient (Wildman–Crippen LogP) is 24.0. The summed E-state index contributed by atoms with van der Waals surface area (Å²) in [5.74, 6) is -0.558. The molecule has 0 fully saturated rings. The first-order chi connectivity index (χ1) is 37.1. The zero-order valence-electron chi connectivity index (χ0n) is 51.6. The lowest BCUT2D eigenvalue weighted by Crippen LogP contribution is -2.28. The van der Waals surface area contributed by atoms with Gasteiger partial charge in [-0.3, -0.25) is 9.59 Å². The monoisotopic (exact) mass is 1060 g/mol. The van der Waals surface area contributed by atoms with Gasteiger partial charge in [0.05, 0.1) is 6.61 Å². The number of rotatable bonds is 67. The Balaban J connectivity index is 3.35. The highest BCUT2D eigenvalue weighted by Crippen LogP contribution is 2.20. The lowest BCUT2D eigenvalue weighted by Gasteiger charge is -2.15. The maximum Gasteiger partial charge on any atom is 0.306 e. The molecule has 5 nitrogen and oxygen atoms in total. The molecule has 0 aliphatic heterocycles. The molecular weight excluding hydrogens is 921 g/mol. The van der Waals surface area contributed by atoms with Gasteiger partial charge < -0.3 is 14.6 Å². The van der Waals surface area contributed by atoms with Gasteiger partial charge in [0.1, 0.15) is 6.61 Å². The topological polar surface area (TPSA) is 72.8 Å². The standard InChI is InChI=1S/C70H138O5/c1-3-5-7-9-11-13-15-17-19-21-23-25-27-29-31-33-34-35-37-39-41-43-45-47-49-51-53-55-57-59-61-63-65-70(73)75-68(66-71)67-74-69(72)64-62-60-58-56-54-52-50-48-46-44-42-40-38-36-32-30-28-26-24-22-20-18-16-14-12-10-8-6-4-2/h68,71H,3-67H2,1-2H3. The van der Waals surface area contributed by atoms with Gasteiger partial charge in [-0.15, -0.1) is 0 Å². The fourth-order valence-corrected chi connectivity index (χ4v) is 11.4. The van der Waals surface area contributed by atoms with Crippen molar-refractivity contribution in [3.05, 3.63) is 0 Å². The average molecular weight is 1060 g/mol. The smallest absolute Gasteiger partial charge is 0.306 e. The summed E-state index contributed by atoms with van der Waals surface area (Å²) in [6.45, 7) is 4.23. The van der Waals surface area contributed by atoms with Gasteiger partial charge in [0, 0.05) is 12.8 Å². The molecule has 0 spiro atoms. The van der Waals surface area contributed by atoms with Crippen LogP contribution in [0, 0.1) is 0 Å². The van der Waals surface area contributed by atoms with Crippen LogP contribution < -0.4 is 0 Å². The second kappa shape index (κ2) is 67.2. The van der Waals surface area contributed by atoms with E-state index >= 15 is 0 Å². The van der Waals surface area contributed by atoms with Crippen LogP contribution in [0.1, 0.15) is 418 Å². The van der Waals surface area contributed by atoms with Crippen molar-refractivity contribution in [3.8, 4) is 0 Å². The van der Waals surface area contributed by atoms with E-state index in [4.69, 9.17) is 9.47 Å². The molecule has 0 aromatic carbocycles. The number of hydrogen-bond acceptors (Lipinski definition) is 5. The summed E-state index contributed by atoms with van der Waals surface area (Å²) in [6.07, 6.45) is 84.4.